The number of nitrogens with two attached hydrogens (primary N) is 1. The maximum absolute atomic E-state index is 14.3. The summed E-state index contributed by atoms with van der Waals surface area (Å²) in [6.07, 6.45) is 7.52. The molecule has 0 bridgehead atoms. The van der Waals surface area contributed by atoms with E-state index in [1.807, 2.05) is 25.1 Å². The van der Waals surface area contributed by atoms with Gasteiger partial charge in [0.1, 0.15) is 5.82 Å². The predicted molar refractivity (Wildman–Crippen MR) is 169 cm³/mol. The molecule has 1 aromatic carbocycles. The molecule has 9 nitrogen and oxygen atoms in total. The smallest absolute Gasteiger partial charge is 0.213 e. The van der Waals surface area contributed by atoms with Crippen molar-refractivity contribution in [2.45, 2.75) is 45.3 Å². The third-order valence-corrected chi connectivity index (χ3v) is 7.89. The lowest BCUT2D eigenvalue weighted by Crippen LogP contribution is -2.48. The van der Waals surface area contributed by atoms with Crippen LogP contribution in [0.25, 0.3) is 10.9 Å². The van der Waals surface area contributed by atoms with Crippen LogP contribution in [0.5, 0.6) is 5.88 Å². The lowest BCUT2D eigenvalue weighted by molar-refractivity contribution is 0.157. The Hall–Kier alpha value is -4.03. The van der Waals surface area contributed by atoms with Gasteiger partial charge in [-0.3, -0.25) is 9.69 Å². The second-order valence-corrected chi connectivity index (χ2v) is 10.7. The van der Waals surface area contributed by atoms with Gasteiger partial charge in [0.05, 0.1) is 35.6 Å². The Kier molecular flexibility index (Phi) is 9.26. The van der Waals surface area contributed by atoms with Crippen LogP contribution in [0, 0.1) is 11.6 Å². The van der Waals surface area contributed by atoms with Crippen LogP contribution >= 0.6 is 12.6 Å². The number of benzene rings is 1. The molecule has 2 aliphatic heterocycles. The summed E-state index contributed by atoms with van der Waals surface area (Å²) in [5.41, 5.74) is 9.80. The van der Waals surface area contributed by atoms with Crippen molar-refractivity contribution >= 4 is 40.7 Å². The molecule has 226 valence electrons. The highest BCUT2D eigenvalue weighted by Crippen LogP contribution is 2.29. The number of rotatable bonds is 7. The van der Waals surface area contributed by atoms with Crippen molar-refractivity contribution in [3.8, 4) is 5.88 Å². The predicted octanol–water partition coefficient (Wildman–Crippen LogP) is 4.66. The first-order valence-electron chi connectivity index (χ1n) is 14.0. The minimum atomic E-state index is -1.06. The van der Waals surface area contributed by atoms with E-state index in [4.69, 9.17) is 10.5 Å². The van der Waals surface area contributed by atoms with E-state index in [1.165, 1.54) is 0 Å². The minimum Gasteiger partial charge on any atom is -0.481 e. The zero-order valence-electron chi connectivity index (χ0n) is 24.4. The van der Waals surface area contributed by atoms with Gasteiger partial charge in [0.15, 0.2) is 17.1 Å². The van der Waals surface area contributed by atoms with Crippen molar-refractivity contribution < 1.29 is 13.5 Å². The van der Waals surface area contributed by atoms with E-state index in [0.717, 1.165) is 55.0 Å². The molecular formula is C31H35F2N7O2S. The highest BCUT2D eigenvalue weighted by Gasteiger charge is 2.30. The van der Waals surface area contributed by atoms with Gasteiger partial charge in [0, 0.05) is 68.2 Å². The maximum atomic E-state index is 14.3. The van der Waals surface area contributed by atoms with Crippen LogP contribution in [-0.4, -0.2) is 57.8 Å². The monoisotopic (exact) mass is 607 g/mol. The topological polar surface area (TPSA) is 102 Å². The third-order valence-electron chi connectivity index (χ3n) is 7.89. The number of aromatic nitrogens is 3. The molecule has 43 heavy (non-hydrogen) atoms. The summed E-state index contributed by atoms with van der Waals surface area (Å²) in [6.45, 7) is 4.32. The molecule has 2 aliphatic rings. The number of ether oxygens (including phenoxy) is 1. The van der Waals surface area contributed by atoms with Crippen LogP contribution < -0.4 is 20.8 Å². The van der Waals surface area contributed by atoms with Crippen molar-refractivity contribution in [2.24, 2.45) is 5.10 Å². The van der Waals surface area contributed by atoms with Gasteiger partial charge >= 0.3 is 0 Å². The number of nitrogen functional groups attached to an aromatic ring is 1. The summed E-state index contributed by atoms with van der Waals surface area (Å²) in [5.74, 6) is -1.09. The van der Waals surface area contributed by atoms with E-state index >= 15 is 0 Å². The molecule has 0 spiro atoms. The molecule has 2 N–H and O–H groups in total. The fraction of sp³-hybridized carbons (Fsp3) is 0.355. The Labute approximate surface area is 254 Å². The number of hydrogen-bond acceptors (Lipinski definition) is 9. The van der Waals surface area contributed by atoms with E-state index in [1.54, 1.807) is 36.5 Å². The number of nitrogens with zero attached hydrogens (tertiary/aromatic N) is 6. The van der Waals surface area contributed by atoms with E-state index in [-0.39, 0.29) is 22.4 Å². The van der Waals surface area contributed by atoms with Crippen LogP contribution in [0.1, 0.15) is 36.6 Å². The first-order chi connectivity index (χ1) is 20.8. The van der Waals surface area contributed by atoms with Gasteiger partial charge in [-0.15, -0.1) is 0 Å². The summed E-state index contributed by atoms with van der Waals surface area (Å²) in [5, 5.41) is 4.69. The maximum Gasteiger partial charge on any atom is 0.213 e. The molecule has 12 heteroatoms. The van der Waals surface area contributed by atoms with Crippen LogP contribution in [0.15, 0.2) is 58.7 Å². The van der Waals surface area contributed by atoms with Gasteiger partial charge in [0.2, 0.25) is 5.88 Å². The van der Waals surface area contributed by atoms with Crippen molar-refractivity contribution in [2.75, 3.05) is 37.1 Å². The summed E-state index contributed by atoms with van der Waals surface area (Å²) >= 11 is 3.53. The average molecular weight is 608 g/mol. The molecule has 3 aromatic heterocycles. The molecule has 1 fully saturated rings. The van der Waals surface area contributed by atoms with E-state index in [9.17, 15) is 13.6 Å². The second kappa shape index (κ2) is 13.1. The number of thiol groups is 1. The lowest BCUT2D eigenvalue weighted by Gasteiger charge is -2.40. The van der Waals surface area contributed by atoms with Gasteiger partial charge in [-0.1, -0.05) is 0 Å². The fourth-order valence-corrected chi connectivity index (χ4v) is 5.85. The number of hydrogen-bond donors (Lipinski definition) is 2. The Balaban J connectivity index is 0.00000180. The van der Waals surface area contributed by atoms with Crippen LogP contribution in [-0.2, 0) is 19.5 Å². The van der Waals surface area contributed by atoms with Gasteiger partial charge in [0.25, 0.3) is 0 Å². The SMILES string of the molecule is COc1cc(CN(Cc2c3n(c4cc(F)c(F)cc4c2=O)N=C(C)C3)C2CCCN(c3ccc(N)nc3)C2)ccn1.CS. The molecule has 1 unspecified atom stereocenters. The van der Waals surface area contributed by atoms with Crippen LogP contribution in [0.3, 0.4) is 0 Å². The molecule has 1 saturated heterocycles. The minimum absolute atomic E-state index is 0.0876. The Morgan fingerprint density at radius 1 is 1.12 bits per heavy atom. The van der Waals surface area contributed by atoms with Gasteiger partial charge in [-0.25, -0.2) is 23.4 Å². The number of methoxy groups -OCH3 is 1. The average Bonchev–Trinajstić information content (AvgIpc) is 3.42. The van der Waals surface area contributed by atoms with E-state index in [0.29, 0.717) is 42.5 Å². The quantitative estimate of drug-likeness (QED) is 0.295. The molecule has 5 heterocycles. The number of anilines is 2. The lowest BCUT2D eigenvalue weighted by atomic mass is 9.99. The van der Waals surface area contributed by atoms with Crippen molar-refractivity contribution in [3.05, 3.63) is 87.5 Å². The van der Waals surface area contributed by atoms with E-state index < -0.39 is 11.6 Å². The summed E-state index contributed by atoms with van der Waals surface area (Å²) in [7, 11) is 1.58. The largest absolute Gasteiger partial charge is 0.481 e. The summed E-state index contributed by atoms with van der Waals surface area (Å²) < 4.78 is 35.5. The number of pyridine rings is 3. The van der Waals surface area contributed by atoms with E-state index in [2.05, 4.69) is 37.5 Å². The Morgan fingerprint density at radius 2 is 1.91 bits per heavy atom. The first kappa shape index (κ1) is 30.4. The molecule has 0 radical (unpaired) electrons. The molecular weight excluding hydrogens is 572 g/mol. The van der Waals surface area contributed by atoms with Crippen LogP contribution in [0.4, 0.5) is 20.3 Å². The fourth-order valence-electron chi connectivity index (χ4n) is 5.85. The first-order valence-corrected chi connectivity index (χ1v) is 14.9. The molecule has 4 aromatic rings. The summed E-state index contributed by atoms with van der Waals surface area (Å²) in [6, 6.07) is 9.72. The Bertz CT molecular complexity index is 1710. The van der Waals surface area contributed by atoms with Crippen molar-refractivity contribution in [1.29, 1.82) is 0 Å². The van der Waals surface area contributed by atoms with Gasteiger partial charge in [-0.2, -0.15) is 17.7 Å². The molecule has 0 saturated carbocycles. The van der Waals surface area contributed by atoms with Gasteiger partial charge < -0.3 is 15.4 Å². The number of piperidine rings is 1. The summed E-state index contributed by atoms with van der Waals surface area (Å²) in [4.78, 5) is 27.0. The normalized spacial score (nSPS) is 16.1. The molecule has 0 aliphatic carbocycles. The third kappa shape index (κ3) is 6.35. The number of fused-ring (bicyclic) bond motifs is 3. The highest BCUT2D eigenvalue weighted by atomic mass is 32.1. The second-order valence-electron chi connectivity index (χ2n) is 10.7. The highest BCUT2D eigenvalue weighted by molar-refractivity contribution is 7.79. The van der Waals surface area contributed by atoms with Crippen molar-refractivity contribution in [1.82, 2.24) is 19.5 Å². The molecule has 0 amide bonds. The number of halogens is 2. The van der Waals surface area contributed by atoms with Gasteiger partial charge in [-0.05, 0) is 55.9 Å². The van der Waals surface area contributed by atoms with Crippen LogP contribution in [0.2, 0.25) is 0 Å². The zero-order chi connectivity index (χ0) is 30.7. The van der Waals surface area contributed by atoms with Crippen molar-refractivity contribution in [3.63, 3.8) is 0 Å². The standard InChI is InChI=1S/C30H31F2N7O2.CH4S/c1-18-10-26-23(30(40)22-12-24(31)25(32)13-27(22)39(26)36-18)17-38(15-19-7-8-34-29(11-19)41-2)21-4-3-9-37(16-21)20-5-6-28(33)35-14-20;1-2/h5-8,11-14,21H,3-4,9-10,15-17H2,1-2H3,(H2,33,35);2H,1H3. The molecule has 6 rings (SSSR count). The zero-order valence-corrected chi connectivity index (χ0v) is 25.3. The molecule has 1 atom stereocenters. The Morgan fingerprint density at radius 3 is 2.65 bits per heavy atom.